The number of pyridine rings is 1. The van der Waals surface area contributed by atoms with Gasteiger partial charge in [0.2, 0.25) is 21.9 Å². The lowest BCUT2D eigenvalue weighted by atomic mass is 10.2. The van der Waals surface area contributed by atoms with Crippen LogP contribution in [-0.4, -0.2) is 42.7 Å². The number of nitrogens with zero attached hydrogens (tertiary/aromatic N) is 2. The zero-order chi connectivity index (χ0) is 17.0. The molecule has 0 spiro atoms. The highest BCUT2D eigenvalue weighted by molar-refractivity contribution is 7.89. The van der Waals surface area contributed by atoms with Crippen LogP contribution in [0.4, 0.5) is 4.39 Å². The first-order valence-electron chi connectivity index (χ1n) is 7.84. The van der Waals surface area contributed by atoms with Crippen molar-refractivity contribution in [3.05, 3.63) is 60.0 Å². The van der Waals surface area contributed by atoms with Crippen molar-refractivity contribution in [2.75, 3.05) is 18.8 Å². The number of aryl methyl sites for hydroxylation is 1. The highest BCUT2D eigenvalue weighted by Crippen LogP contribution is 2.20. The molecule has 1 aliphatic heterocycles. The van der Waals surface area contributed by atoms with Gasteiger partial charge in [-0.15, -0.1) is 0 Å². The van der Waals surface area contributed by atoms with Crippen LogP contribution in [0.25, 0.3) is 0 Å². The van der Waals surface area contributed by atoms with Crippen LogP contribution in [0.5, 0.6) is 5.88 Å². The first kappa shape index (κ1) is 16.9. The highest BCUT2D eigenvalue weighted by Gasteiger charge is 2.32. The monoisotopic (exact) mass is 350 g/mol. The number of halogens is 1. The lowest BCUT2D eigenvalue weighted by Gasteiger charge is -2.17. The Kier molecular flexibility index (Phi) is 5.11. The van der Waals surface area contributed by atoms with E-state index in [0.717, 1.165) is 5.56 Å². The summed E-state index contributed by atoms with van der Waals surface area (Å²) in [6, 6.07) is 13.8. The number of hydrogen-bond acceptors (Lipinski definition) is 4. The maximum Gasteiger partial charge on any atom is 0.216 e. The van der Waals surface area contributed by atoms with Crippen LogP contribution < -0.4 is 4.74 Å². The highest BCUT2D eigenvalue weighted by atomic mass is 32.2. The summed E-state index contributed by atoms with van der Waals surface area (Å²) in [5.74, 6) is -0.358. The van der Waals surface area contributed by atoms with Gasteiger partial charge in [0, 0.05) is 12.6 Å². The fourth-order valence-corrected chi connectivity index (χ4v) is 4.22. The minimum Gasteiger partial charge on any atom is -0.473 e. The van der Waals surface area contributed by atoms with E-state index in [2.05, 4.69) is 4.98 Å². The second kappa shape index (κ2) is 7.27. The van der Waals surface area contributed by atoms with E-state index in [-0.39, 0.29) is 24.3 Å². The molecule has 0 amide bonds. The molecule has 0 N–H and O–H groups in total. The van der Waals surface area contributed by atoms with Crippen LogP contribution in [0.3, 0.4) is 0 Å². The Morgan fingerprint density at radius 2 is 1.96 bits per heavy atom. The number of aromatic nitrogens is 1. The van der Waals surface area contributed by atoms with Crippen molar-refractivity contribution in [3.63, 3.8) is 0 Å². The van der Waals surface area contributed by atoms with E-state index >= 15 is 0 Å². The zero-order valence-corrected chi connectivity index (χ0v) is 14.0. The molecule has 1 fully saturated rings. The molecule has 1 unspecified atom stereocenters. The summed E-state index contributed by atoms with van der Waals surface area (Å²) in [5.41, 5.74) is 0.997. The van der Waals surface area contributed by atoms with Crippen molar-refractivity contribution < 1.29 is 17.5 Å². The van der Waals surface area contributed by atoms with Gasteiger partial charge in [-0.1, -0.05) is 36.4 Å². The van der Waals surface area contributed by atoms with Crippen LogP contribution in [-0.2, 0) is 16.4 Å². The van der Waals surface area contributed by atoms with Gasteiger partial charge in [0.1, 0.15) is 6.10 Å². The number of rotatable bonds is 6. The Morgan fingerprint density at radius 1 is 1.17 bits per heavy atom. The third-order valence-corrected chi connectivity index (χ3v) is 5.81. The molecule has 24 heavy (non-hydrogen) atoms. The van der Waals surface area contributed by atoms with Gasteiger partial charge >= 0.3 is 0 Å². The number of hydrogen-bond donors (Lipinski definition) is 0. The molecule has 0 aliphatic carbocycles. The molecule has 5 nitrogen and oxygen atoms in total. The standard InChI is InChI=1S/C17H19FN2O3S/c18-16-7-4-8-17(19-16)23-15-9-11-20(13-15)24(21,22)12-10-14-5-2-1-3-6-14/h1-8,15H,9-13H2. The van der Waals surface area contributed by atoms with Crippen LogP contribution in [0.1, 0.15) is 12.0 Å². The summed E-state index contributed by atoms with van der Waals surface area (Å²) in [4.78, 5) is 3.64. The Hall–Kier alpha value is -1.99. The minimum atomic E-state index is -3.33. The first-order valence-corrected chi connectivity index (χ1v) is 9.45. The molecular weight excluding hydrogens is 331 g/mol. The van der Waals surface area contributed by atoms with Gasteiger partial charge in [-0.25, -0.2) is 8.42 Å². The van der Waals surface area contributed by atoms with Crippen LogP contribution in [0.2, 0.25) is 0 Å². The van der Waals surface area contributed by atoms with Gasteiger partial charge in [0.15, 0.2) is 0 Å². The van der Waals surface area contributed by atoms with Crippen LogP contribution in [0, 0.1) is 5.95 Å². The summed E-state index contributed by atoms with van der Waals surface area (Å²) < 4.78 is 45.0. The van der Waals surface area contributed by atoms with E-state index in [9.17, 15) is 12.8 Å². The molecule has 1 aromatic carbocycles. The van der Waals surface area contributed by atoms with Crippen molar-refractivity contribution in [1.29, 1.82) is 0 Å². The van der Waals surface area contributed by atoms with Gasteiger partial charge in [-0.2, -0.15) is 13.7 Å². The average Bonchev–Trinajstić information content (AvgIpc) is 3.03. The third kappa shape index (κ3) is 4.30. The Morgan fingerprint density at radius 3 is 2.71 bits per heavy atom. The summed E-state index contributed by atoms with van der Waals surface area (Å²) >= 11 is 0. The van der Waals surface area contributed by atoms with E-state index in [1.54, 1.807) is 6.07 Å². The summed E-state index contributed by atoms with van der Waals surface area (Å²) in [5, 5.41) is 0. The molecule has 0 saturated carbocycles. The largest absolute Gasteiger partial charge is 0.473 e. The van der Waals surface area contributed by atoms with Gasteiger partial charge in [0.05, 0.1) is 12.3 Å². The summed E-state index contributed by atoms with van der Waals surface area (Å²) in [6.07, 6.45) is 0.755. The van der Waals surface area contributed by atoms with Crippen molar-refractivity contribution in [2.24, 2.45) is 0 Å². The fraction of sp³-hybridized carbons (Fsp3) is 0.353. The molecule has 1 aromatic heterocycles. The second-order valence-electron chi connectivity index (χ2n) is 5.74. The number of ether oxygens (including phenoxy) is 1. The topological polar surface area (TPSA) is 59.5 Å². The quantitative estimate of drug-likeness (QED) is 0.750. The predicted molar refractivity (Wildman–Crippen MR) is 88.7 cm³/mol. The zero-order valence-electron chi connectivity index (χ0n) is 13.1. The van der Waals surface area contributed by atoms with Crippen molar-refractivity contribution in [3.8, 4) is 5.88 Å². The lowest BCUT2D eigenvalue weighted by Crippen LogP contribution is -2.33. The fourth-order valence-electron chi connectivity index (χ4n) is 2.69. The Bertz CT molecular complexity index is 783. The van der Waals surface area contributed by atoms with Gasteiger partial charge in [0.25, 0.3) is 0 Å². The molecule has 0 bridgehead atoms. The van der Waals surface area contributed by atoms with Crippen LogP contribution in [0.15, 0.2) is 48.5 Å². The lowest BCUT2D eigenvalue weighted by molar-refractivity contribution is 0.204. The molecule has 2 aromatic rings. The van der Waals surface area contributed by atoms with Gasteiger partial charge < -0.3 is 4.74 Å². The first-order chi connectivity index (χ1) is 11.5. The predicted octanol–water partition coefficient (Wildman–Crippen LogP) is 2.25. The minimum absolute atomic E-state index is 0.0714. The van der Waals surface area contributed by atoms with E-state index in [4.69, 9.17) is 4.74 Å². The Balaban J connectivity index is 1.56. The molecule has 2 heterocycles. The molecule has 128 valence electrons. The Labute approximate surface area is 141 Å². The van der Waals surface area contributed by atoms with E-state index in [1.807, 2.05) is 30.3 Å². The maximum absolute atomic E-state index is 13.1. The van der Waals surface area contributed by atoms with E-state index < -0.39 is 16.0 Å². The normalized spacial score (nSPS) is 18.6. The molecule has 1 saturated heterocycles. The van der Waals surface area contributed by atoms with E-state index in [0.29, 0.717) is 19.4 Å². The molecule has 0 radical (unpaired) electrons. The van der Waals surface area contributed by atoms with E-state index in [1.165, 1.54) is 16.4 Å². The second-order valence-corrected chi connectivity index (χ2v) is 7.83. The van der Waals surface area contributed by atoms with Crippen LogP contribution >= 0.6 is 0 Å². The molecule has 1 aliphatic rings. The average molecular weight is 350 g/mol. The molecular formula is C17H19FN2O3S. The molecule has 1 atom stereocenters. The molecule has 7 heteroatoms. The number of sulfonamides is 1. The number of benzene rings is 1. The van der Waals surface area contributed by atoms with Gasteiger partial charge in [-0.3, -0.25) is 0 Å². The maximum atomic E-state index is 13.1. The van der Waals surface area contributed by atoms with Crippen molar-refractivity contribution in [1.82, 2.24) is 9.29 Å². The summed E-state index contributed by atoms with van der Waals surface area (Å²) in [7, 11) is -3.33. The van der Waals surface area contributed by atoms with Gasteiger partial charge in [-0.05, 0) is 24.5 Å². The van der Waals surface area contributed by atoms with Crippen molar-refractivity contribution in [2.45, 2.75) is 18.9 Å². The SMILES string of the molecule is O=S(=O)(CCc1ccccc1)N1CCC(Oc2cccc(F)n2)C1. The third-order valence-electron chi connectivity index (χ3n) is 3.97. The summed E-state index contributed by atoms with van der Waals surface area (Å²) in [6.45, 7) is 0.687. The van der Waals surface area contributed by atoms with Crippen molar-refractivity contribution >= 4 is 10.0 Å². The molecule has 3 rings (SSSR count). The smallest absolute Gasteiger partial charge is 0.216 e.